The van der Waals surface area contributed by atoms with Gasteiger partial charge in [0.05, 0.1) is 6.61 Å². The van der Waals surface area contributed by atoms with Crippen LogP contribution in [0.5, 0.6) is 5.75 Å². The Morgan fingerprint density at radius 3 is 2.94 bits per heavy atom. The summed E-state index contributed by atoms with van der Waals surface area (Å²) in [6.45, 7) is 3.00. The van der Waals surface area contributed by atoms with Gasteiger partial charge in [0.15, 0.2) is 0 Å². The molecule has 1 fully saturated rings. The topological polar surface area (TPSA) is 33.3 Å². The fraction of sp³-hybridized carbons (Fsp3) is 0.600. The van der Waals surface area contributed by atoms with Crippen LogP contribution in [0.2, 0.25) is 0 Å². The van der Waals surface area contributed by atoms with Gasteiger partial charge in [0.2, 0.25) is 0 Å². The standard InChI is InChI=1S/C15H22N2O/c1-11-9-14(17-16-11)7-8-18-15-6-5-12-3-2-4-13(12)10-15/h5-6,10-11,14,16-17H,2-4,7-9H2,1H3. The third-order valence-corrected chi connectivity index (χ3v) is 3.98. The summed E-state index contributed by atoms with van der Waals surface area (Å²) in [6.07, 6.45) is 6.01. The molecule has 1 aromatic carbocycles. The molecule has 1 aromatic rings. The molecule has 1 aliphatic heterocycles. The zero-order chi connectivity index (χ0) is 12.4. The Kier molecular flexibility index (Phi) is 3.52. The second-order valence-electron chi connectivity index (χ2n) is 5.54. The minimum absolute atomic E-state index is 0.550. The van der Waals surface area contributed by atoms with E-state index in [1.165, 1.54) is 36.8 Å². The van der Waals surface area contributed by atoms with E-state index >= 15 is 0 Å². The number of ether oxygens (including phenoxy) is 1. The third-order valence-electron chi connectivity index (χ3n) is 3.98. The first-order valence-corrected chi connectivity index (χ1v) is 7.07. The van der Waals surface area contributed by atoms with Crippen molar-refractivity contribution in [2.75, 3.05) is 6.61 Å². The monoisotopic (exact) mass is 246 g/mol. The van der Waals surface area contributed by atoms with Gasteiger partial charge in [0, 0.05) is 12.1 Å². The van der Waals surface area contributed by atoms with Gasteiger partial charge in [-0.25, -0.2) is 0 Å². The fourth-order valence-electron chi connectivity index (χ4n) is 2.95. The predicted octanol–water partition coefficient (Wildman–Crippen LogP) is 2.20. The summed E-state index contributed by atoms with van der Waals surface area (Å²) in [7, 11) is 0. The SMILES string of the molecule is CC1CC(CCOc2ccc3c(c2)CCC3)NN1. The molecule has 1 aliphatic carbocycles. The number of nitrogens with one attached hydrogen (secondary N) is 2. The second-order valence-corrected chi connectivity index (χ2v) is 5.54. The molecule has 1 saturated heterocycles. The van der Waals surface area contributed by atoms with E-state index in [1.807, 2.05) is 0 Å². The van der Waals surface area contributed by atoms with E-state index in [-0.39, 0.29) is 0 Å². The molecule has 0 saturated carbocycles. The highest BCUT2D eigenvalue weighted by Gasteiger charge is 2.19. The quantitative estimate of drug-likeness (QED) is 0.854. The first kappa shape index (κ1) is 12.0. The van der Waals surface area contributed by atoms with Gasteiger partial charge < -0.3 is 4.74 Å². The lowest BCUT2D eigenvalue weighted by Crippen LogP contribution is -2.33. The molecular weight excluding hydrogens is 224 g/mol. The number of hydrogen-bond acceptors (Lipinski definition) is 3. The first-order valence-electron chi connectivity index (χ1n) is 7.07. The number of rotatable bonds is 4. The van der Waals surface area contributed by atoms with E-state index in [0.29, 0.717) is 12.1 Å². The number of benzene rings is 1. The van der Waals surface area contributed by atoms with Gasteiger partial charge in [0.1, 0.15) is 5.75 Å². The van der Waals surface area contributed by atoms with Crippen molar-refractivity contribution >= 4 is 0 Å². The lowest BCUT2D eigenvalue weighted by atomic mass is 10.1. The van der Waals surface area contributed by atoms with Gasteiger partial charge in [-0.15, -0.1) is 0 Å². The van der Waals surface area contributed by atoms with Gasteiger partial charge in [-0.05, 0) is 62.3 Å². The van der Waals surface area contributed by atoms with Crippen LogP contribution in [0.1, 0.15) is 37.3 Å². The third kappa shape index (κ3) is 2.68. The van der Waals surface area contributed by atoms with Crippen LogP contribution >= 0.6 is 0 Å². The average Bonchev–Trinajstić information content (AvgIpc) is 2.97. The Morgan fingerprint density at radius 1 is 1.22 bits per heavy atom. The van der Waals surface area contributed by atoms with Crippen molar-refractivity contribution in [3.05, 3.63) is 29.3 Å². The van der Waals surface area contributed by atoms with Crippen LogP contribution in [0.15, 0.2) is 18.2 Å². The van der Waals surface area contributed by atoms with E-state index in [2.05, 4.69) is 36.0 Å². The van der Waals surface area contributed by atoms with Crippen LogP contribution < -0.4 is 15.6 Å². The van der Waals surface area contributed by atoms with Gasteiger partial charge >= 0.3 is 0 Å². The molecule has 0 aromatic heterocycles. The second kappa shape index (κ2) is 5.29. The van der Waals surface area contributed by atoms with Crippen molar-refractivity contribution in [1.29, 1.82) is 0 Å². The van der Waals surface area contributed by atoms with E-state index < -0.39 is 0 Å². The molecule has 0 radical (unpaired) electrons. The molecule has 3 rings (SSSR count). The summed E-state index contributed by atoms with van der Waals surface area (Å²) in [5.74, 6) is 1.04. The smallest absolute Gasteiger partial charge is 0.119 e. The van der Waals surface area contributed by atoms with E-state index in [4.69, 9.17) is 4.74 Å². The number of hydrazine groups is 1. The minimum Gasteiger partial charge on any atom is -0.494 e. The maximum Gasteiger partial charge on any atom is 0.119 e. The number of fused-ring (bicyclic) bond motifs is 1. The van der Waals surface area contributed by atoms with Crippen LogP contribution in [0, 0.1) is 0 Å². The maximum absolute atomic E-state index is 5.86. The predicted molar refractivity (Wildman–Crippen MR) is 72.7 cm³/mol. The van der Waals surface area contributed by atoms with Crippen LogP contribution in [0.25, 0.3) is 0 Å². The van der Waals surface area contributed by atoms with Crippen molar-refractivity contribution < 1.29 is 4.74 Å². The zero-order valence-corrected chi connectivity index (χ0v) is 11.0. The van der Waals surface area contributed by atoms with Crippen molar-refractivity contribution in [3.63, 3.8) is 0 Å². The Hall–Kier alpha value is -1.06. The molecule has 3 heteroatoms. The summed E-state index contributed by atoms with van der Waals surface area (Å²) in [4.78, 5) is 0. The summed E-state index contributed by atoms with van der Waals surface area (Å²) >= 11 is 0. The average molecular weight is 246 g/mol. The molecule has 2 N–H and O–H groups in total. The summed E-state index contributed by atoms with van der Waals surface area (Å²) in [5, 5.41) is 0. The highest BCUT2D eigenvalue weighted by Crippen LogP contribution is 2.26. The van der Waals surface area contributed by atoms with Crippen molar-refractivity contribution in [2.45, 2.75) is 51.1 Å². The summed E-state index contributed by atoms with van der Waals surface area (Å²) < 4.78 is 5.86. The van der Waals surface area contributed by atoms with Crippen LogP contribution in [0.3, 0.4) is 0 Å². The molecule has 1 heterocycles. The Morgan fingerprint density at radius 2 is 2.11 bits per heavy atom. The number of hydrogen-bond donors (Lipinski definition) is 2. The molecule has 0 bridgehead atoms. The summed E-state index contributed by atoms with van der Waals surface area (Å²) in [6, 6.07) is 7.71. The van der Waals surface area contributed by atoms with E-state index in [9.17, 15) is 0 Å². The van der Waals surface area contributed by atoms with Crippen LogP contribution in [0.4, 0.5) is 0 Å². The molecule has 2 aliphatic rings. The van der Waals surface area contributed by atoms with E-state index in [0.717, 1.165) is 18.8 Å². The van der Waals surface area contributed by atoms with Crippen LogP contribution in [-0.4, -0.2) is 18.7 Å². The zero-order valence-electron chi connectivity index (χ0n) is 11.0. The maximum atomic E-state index is 5.86. The molecule has 98 valence electrons. The highest BCUT2D eigenvalue weighted by atomic mass is 16.5. The van der Waals surface area contributed by atoms with Gasteiger partial charge in [-0.2, -0.15) is 0 Å². The summed E-state index contributed by atoms with van der Waals surface area (Å²) in [5.41, 5.74) is 9.55. The molecule has 0 spiro atoms. The lowest BCUT2D eigenvalue weighted by molar-refractivity contribution is 0.289. The largest absolute Gasteiger partial charge is 0.494 e. The van der Waals surface area contributed by atoms with Crippen molar-refractivity contribution in [2.24, 2.45) is 0 Å². The minimum atomic E-state index is 0.550. The van der Waals surface area contributed by atoms with Crippen LogP contribution in [-0.2, 0) is 12.8 Å². The van der Waals surface area contributed by atoms with Gasteiger partial charge in [-0.1, -0.05) is 6.07 Å². The molecule has 0 amide bonds. The Bertz CT molecular complexity index is 419. The molecular formula is C15H22N2O. The number of aryl methyl sites for hydroxylation is 2. The molecule has 2 unspecified atom stereocenters. The van der Waals surface area contributed by atoms with Crippen molar-refractivity contribution in [3.8, 4) is 5.75 Å². The fourth-order valence-corrected chi connectivity index (χ4v) is 2.95. The normalized spacial score (nSPS) is 26.3. The lowest BCUT2D eigenvalue weighted by Gasteiger charge is -2.11. The van der Waals surface area contributed by atoms with Gasteiger partial charge in [-0.3, -0.25) is 10.9 Å². The molecule has 18 heavy (non-hydrogen) atoms. The first-order chi connectivity index (χ1) is 8.81. The highest BCUT2D eigenvalue weighted by molar-refractivity contribution is 5.38. The molecule has 2 atom stereocenters. The Balaban J connectivity index is 1.48. The van der Waals surface area contributed by atoms with Gasteiger partial charge in [0.25, 0.3) is 0 Å². The van der Waals surface area contributed by atoms with Crippen molar-refractivity contribution in [1.82, 2.24) is 10.9 Å². The van der Waals surface area contributed by atoms with E-state index in [1.54, 1.807) is 0 Å². The molecule has 3 nitrogen and oxygen atoms in total. The Labute approximate surface area is 109 Å².